The number of guanidine groups is 1. The Bertz CT molecular complexity index is 428. The van der Waals surface area contributed by atoms with Crippen molar-refractivity contribution in [2.45, 2.75) is 0 Å². The summed E-state index contributed by atoms with van der Waals surface area (Å²) in [5.41, 5.74) is 0.994. The van der Waals surface area contributed by atoms with Gasteiger partial charge in [0.25, 0.3) is 0 Å². The molecule has 0 saturated carbocycles. The van der Waals surface area contributed by atoms with Crippen LogP contribution in [0.5, 0.6) is 5.75 Å². The SMILES string of the molecule is Cl.O=CNc1cc(N=C2NCCN2)ccc1O. The fourth-order valence-electron chi connectivity index (χ4n) is 1.41. The van der Waals surface area contributed by atoms with Gasteiger partial charge in [0.2, 0.25) is 6.41 Å². The van der Waals surface area contributed by atoms with Crippen molar-refractivity contribution < 1.29 is 9.90 Å². The number of amides is 1. The lowest BCUT2D eigenvalue weighted by Crippen LogP contribution is -2.23. The second kappa shape index (κ2) is 5.95. The third kappa shape index (κ3) is 3.25. The number of phenolic OH excluding ortho intramolecular Hbond substituents is 1. The standard InChI is InChI=1S/C10H12N4O2.ClH/c15-6-13-8-5-7(1-2-9(8)16)14-10-11-3-4-12-10;/h1-2,5-6,16H,3-4H2,(H,13,15)(H2,11,12,14);1H. The highest BCUT2D eigenvalue weighted by atomic mass is 35.5. The minimum Gasteiger partial charge on any atom is -0.506 e. The van der Waals surface area contributed by atoms with E-state index < -0.39 is 0 Å². The van der Waals surface area contributed by atoms with E-state index in [1.165, 1.54) is 6.07 Å². The zero-order chi connectivity index (χ0) is 11.4. The average Bonchev–Trinajstić information content (AvgIpc) is 2.76. The maximum Gasteiger partial charge on any atom is 0.211 e. The molecule has 0 aromatic heterocycles. The Labute approximate surface area is 105 Å². The molecule has 0 bridgehead atoms. The summed E-state index contributed by atoms with van der Waals surface area (Å²) in [6.07, 6.45) is 0.512. The van der Waals surface area contributed by atoms with E-state index in [1.807, 2.05) is 0 Å². The summed E-state index contributed by atoms with van der Waals surface area (Å²) in [7, 11) is 0. The molecule has 7 heteroatoms. The van der Waals surface area contributed by atoms with Gasteiger partial charge in [0.15, 0.2) is 5.96 Å². The molecule has 1 fully saturated rings. The highest BCUT2D eigenvalue weighted by molar-refractivity contribution is 5.86. The number of aromatic hydroxyl groups is 1. The highest BCUT2D eigenvalue weighted by Gasteiger charge is 2.06. The van der Waals surface area contributed by atoms with Crippen molar-refractivity contribution in [2.24, 2.45) is 4.99 Å². The smallest absolute Gasteiger partial charge is 0.211 e. The Hall–Kier alpha value is -1.95. The fourth-order valence-corrected chi connectivity index (χ4v) is 1.41. The third-order valence-electron chi connectivity index (χ3n) is 2.15. The van der Waals surface area contributed by atoms with Crippen molar-refractivity contribution in [3.8, 4) is 5.75 Å². The summed E-state index contributed by atoms with van der Waals surface area (Å²) in [4.78, 5) is 14.6. The maximum atomic E-state index is 10.3. The second-order valence-corrected chi connectivity index (χ2v) is 3.28. The van der Waals surface area contributed by atoms with Gasteiger partial charge in [-0.05, 0) is 18.2 Å². The van der Waals surface area contributed by atoms with Gasteiger partial charge in [-0.25, -0.2) is 4.99 Å². The van der Waals surface area contributed by atoms with Gasteiger partial charge in [-0.3, -0.25) is 4.79 Å². The number of aliphatic imine (C=N–C) groups is 1. The molecule has 0 spiro atoms. The molecule has 2 rings (SSSR count). The summed E-state index contributed by atoms with van der Waals surface area (Å²) in [5.74, 6) is 0.714. The van der Waals surface area contributed by atoms with Gasteiger partial charge in [0.1, 0.15) is 5.75 Å². The first-order chi connectivity index (χ1) is 7.79. The zero-order valence-electron chi connectivity index (χ0n) is 8.93. The van der Waals surface area contributed by atoms with Gasteiger partial charge in [0, 0.05) is 13.1 Å². The Morgan fingerprint density at radius 3 is 2.71 bits per heavy atom. The van der Waals surface area contributed by atoms with E-state index in [0.717, 1.165) is 13.1 Å². The van der Waals surface area contributed by atoms with Crippen LogP contribution in [-0.2, 0) is 4.79 Å². The van der Waals surface area contributed by atoms with Crippen LogP contribution in [0.1, 0.15) is 0 Å². The predicted molar refractivity (Wildman–Crippen MR) is 68.1 cm³/mol. The first-order valence-electron chi connectivity index (χ1n) is 4.89. The molecule has 1 aliphatic heterocycles. The maximum absolute atomic E-state index is 10.3. The lowest BCUT2D eigenvalue weighted by Gasteiger charge is -2.04. The normalized spacial score (nSPS) is 13.1. The van der Waals surface area contributed by atoms with Crippen molar-refractivity contribution in [1.82, 2.24) is 10.6 Å². The number of hydrogen-bond donors (Lipinski definition) is 4. The third-order valence-corrected chi connectivity index (χ3v) is 2.15. The molecule has 0 unspecified atom stereocenters. The average molecular weight is 257 g/mol. The molecule has 1 amide bonds. The number of carbonyl (C=O) groups excluding carboxylic acids is 1. The van der Waals surface area contributed by atoms with Gasteiger partial charge in [-0.15, -0.1) is 12.4 Å². The van der Waals surface area contributed by atoms with Crippen LogP contribution in [0.25, 0.3) is 0 Å². The fraction of sp³-hybridized carbons (Fsp3) is 0.200. The van der Waals surface area contributed by atoms with E-state index in [0.29, 0.717) is 23.7 Å². The van der Waals surface area contributed by atoms with Crippen molar-refractivity contribution in [3.05, 3.63) is 18.2 Å². The Morgan fingerprint density at radius 1 is 1.35 bits per heavy atom. The van der Waals surface area contributed by atoms with Gasteiger partial charge < -0.3 is 21.1 Å². The largest absolute Gasteiger partial charge is 0.506 e. The summed E-state index contributed by atoms with van der Waals surface area (Å²) in [6, 6.07) is 4.75. The summed E-state index contributed by atoms with van der Waals surface area (Å²) < 4.78 is 0. The number of phenols is 1. The number of anilines is 1. The number of halogens is 1. The van der Waals surface area contributed by atoms with E-state index in [-0.39, 0.29) is 18.2 Å². The molecule has 0 atom stereocenters. The Balaban J connectivity index is 0.00000144. The van der Waals surface area contributed by atoms with Crippen LogP contribution < -0.4 is 16.0 Å². The minimum atomic E-state index is 0. The summed E-state index contributed by atoms with van der Waals surface area (Å²) >= 11 is 0. The van der Waals surface area contributed by atoms with E-state index in [1.54, 1.807) is 12.1 Å². The predicted octanol–water partition coefficient (Wildman–Crippen LogP) is 0.563. The molecule has 1 aromatic rings. The van der Waals surface area contributed by atoms with Gasteiger partial charge >= 0.3 is 0 Å². The molecular formula is C10H13ClN4O2. The van der Waals surface area contributed by atoms with Gasteiger partial charge in [0.05, 0.1) is 11.4 Å². The van der Waals surface area contributed by atoms with Crippen LogP contribution in [0, 0.1) is 0 Å². The molecule has 4 N–H and O–H groups in total. The van der Waals surface area contributed by atoms with Crippen molar-refractivity contribution in [1.29, 1.82) is 0 Å². The van der Waals surface area contributed by atoms with Crippen molar-refractivity contribution in [2.75, 3.05) is 18.4 Å². The monoisotopic (exact) mass is 256 g/mol. The topological polar surface area (TPSA) is 85.8 Å². The highest BCUT2D eigenvalue weighted by Crippen LogP contribution is 2.27. The molecule has 6 nitrogen and oxygen atoms in total. The molecule has 0 radical (unpaired) electrons. The van der Waals surface area contributed by atoms with Crippen LogP contribution in [0.2, 0.25) is 0 Å². The van der Waals surface area contributed by atoms with E-state index >= 15 is 0 Å². The van der Waals surface area contributed by atoms with Gasteiger partial charge in [-0.1, -0.05) is 0 Å². The molecule has 0 aliphatic carbocycles. The van der Waals surface area contributed by atoms with Crippen molar-refractivity contribution in [3.63, 3.8) is 0 Å². The first kappa shape index (κ1) is 13.1. The zero-order valence-corrected chi connectivity index (χ0v) is 9.75. The molecule has 92 valence electrons. The number of nitrogens with one attached hydrogen (secondary N) is 3. The molecule has 1 heterocycles. The van der Waals surface area contributed by atoms with Crippen LogP contribution in [0.3, 0.4) is 0 Å². The number of carbonyl (C=O) groups is 1. The van der Waals surface area contributed by atoms with Crippen LogP contribution in [0.4, 0.5) is 11.4 Å². The Morgan fingerprint density at radius 2 is 2.06 bits per heavy atom. The lowest BCUT2D eigenvalue weighted by molar-refractivity contribution is -0.105. The molecule has 1 saturated heterocycles. The van der Waals surface area contributed by atoms with E-state index in [2.05, 4.69) is 20.9 Å². The lowest BCUT2D eigenvalue weighted by atomic mass is 10.2. The molecule has 1 aromatic carbocycles. The number of nitrogens with zero attached hydrogens (tertiary/aromatic N) is 1. The number of hydrogen-bond acceptors (Lipinski definition) is 3. The first-order valence-corrected chi connectivity index (χ1v) is 4.89. The number of rotatable bonds is 3. The van der Waals surface area contributed by atoms with E-state index in [9.17, 15) is 9.90 Å². The minimum absolute atomic E-state index is 0. The van der Waals surface area contributed by atoms with E-state index in [4.69, 9.17) is 0 Å². The van der Waals surface area contributed by atoms with Crippen LogP contribution in [0.15, 0.2) is 23.2 Å². The Kier molecular flexibility index (Phi) is 4.59. The summed E-state index contributed by atoms with van der Waals surface area (Å²) in [5, 5.41) is 17.9. The van der Waals surface area contributed by atoms with Crippen LogP contribution in [-0.4, -0.2) is 30.6 Å². The molecule has 1 aliphatic rings. The molecule has 17 heavy (non-hydrogen) atoms. The second-order valence-electron chi connectivity index (χ2n) is 3.28. The van der Waals surface area contributed by atoms with Gasteiger partial charge in [-0.2, -0.15) is 0 Å². The number of benzene rings is 1. The van der Waals surface area contributed by atoms with Crippen molar-refractivity contribution >= 4 is 36.2 Å². The molecular weight excluding hydrogens is 244 g/mol. The summed E-state index contributed by atoms with van der Waals surface area (Å²) in [6.45, 7) is 1.69. The van der Waals surface area contributed by atoms with Crippen LogP contribution >= 0.6 is 12.4 Å². The quantitative estimate of drug-likeness (QED) is 0.470.